The lowest BCUT2D eigenvalue weighted by atomic mass is 10.2. The van der Waals surface area contributed by atoms with Crippen LogP contribution >= 0.6 is 0 Å². The Morgan fingerprint density at radius 2 is 2.10 bits per heavy atom. The number of nitrogens with two attached hydrogens (primary N) is 1. The highest BCUT2D eigenvalue weighted by molar-refractivity contribution is 6.03. The van der Waals surface area contributed by atoms with E-state index in [-0.39, 0.29) is 11.6 Å². The molecule has 1 heterocycles. The molecule has 0 saturated heterocycles. The van der Waals surface area contributed by atoms with Gasteiger partial charge >= 0.3 is 5.97 Å². The zero-order valence-electron chi connectivity index (χ0n) is 11.5. The van der Waals surface area contributed by atoms with Crippen molar-refractivity contribution in [2.75, 3.05) is 17.7 Å². The van der Waals surface area contributed by atoms with E-state index in [1.165, 1.54) is 12.3 Å². The van der Waals surface area contributed by atoms with Crippen molar-refractivity contribution in [3.05, 3.63) is 53.9 Å². The molecule has 108 valence electrons. The topological polar surface area (TPSA) is 94.3 Å². The number of rotatable bonds is 4. The first-order valence-corrected chi connectivity index (χ1v) is 6.40. The van der Waals surface area contributed by atoms with Gasteiger partial charge in [0.2, 0.25) is 0 Å². The molecule has 21 heavy (non-hydrogen) atoms. The van der Waals surface area contributed by atoms with Crippen LogP contribution in [0.2, 0.25) is 0 Å². The molecule has 0 spiro atoms. The van der Waals surface area contributed by atoms with Crippen molar-refractivity contribution in [3.8, 4) is 0 Å². The summed E-state index contributed by atoms with van der Waals surface area (Å²) in [5.41, 5.74) is 7.10. The summed E-state index contributed by atoms with van der Waals surface area (Å²) in [6, 6.07) is 9.63. The maximum absolute atomic E-state index is 12.0. The third-order valence-corrected chi connectivity index (χ3v) is 2.65. The van der Waals surface area contributed by atoms with E-state index < -0.39 is 5.97 Å². The summed E-state index contributed by atoms with van der Waals surface area (Å²) in [7, 11) is 0. The molecule has 0 saturated carbocycles. The zero-order valence-corrected chi connectivity index (χ0v) is 11.5. The van der Waals surface area contributed by atoms with Gasteiger partial charge < -0.3 is 15.8 Å². The number of aromatic nitrogens is 1. The summed E-state index contributed by atoms with van der Waals surface area (Å²) < 4.78 is 4.91. The van der Waals surface area contributed by atoms with Crippen LogP contribution in [0.25, 0.3) is 0 Å². The molecule has 1 aromatic heterocycles. The Bertz CT molecular complexity index is 653. The maximum atomic E-state index is 12.0. The zero-order chi connectivity index (χ0) is 15.2. The Kier molecular flexibility index (Phi) is 4.50. The largest absolute Gasteiger partial charge is 0.462 e. The molecular weight excluding hydrogens is 270 g/mol. The van der Waals surface area contributed by atoms with E-state index in [9.17, 15) is 9.59 Å². The molecule has 0 aliphatic carbocycles. The maximum Gasteiger partial charge on any atom is 0.338 e. The number of esters is 1. The average molecular weight is 285 g/mol. The van der Waals surface area contributed by atoms with Crippen LogP contribution in [-0.2, 0) is 4.74 Å². The first-order valence-electron chi connectivity index (χ1n) is 6.40. The number of nitrogens with one attached hydrogen (secondary N) is 1. The lowest BCUT2D eigenvalue weighted by molar-refractivity contribution is 0.0526. The summed E-state index contributed by atoms with van der Waals surface area (Å²) in [6.07, 6.45) is 1.41. The van der Waals surface area contributed by atoms with E-state index in [4.69, 9.17) is 10.5 Å². The number of carbonyl (C=O) groups excluding carboxylic acids is 2. The summed E-state index contributed by atoms with van der Waals surface area (Å²) in [5.74, 6) is -0.810. The Labute approximate surface area is 121 Å². The number of carbonyl (C=O) groups is 2. The van der Waals surface area contributed by atoms with Crippen LogP contribution in [0.1, 0.15) is 27.8 Å². The fourth-order valence-electron chi connectivity index (χ4n) is 1.67. The number of amides is 1. The molecule has 0 fully saturated rings. The summed E-state index contributed by atoms with van der Waals surface area (Å²) in [5, 5.41) is 2.67. The molecule has 0 bridgehead atoms. The van der Waals surface area contributed by atoms with Crippen molar-refractivity contribution >= 4 is 23.3 Å². The third kappa shape index (κ3) is 3.79. The van der Waals surface area contributed by atoms with Gasteiger partial charge in [0.15, 0.2) is 0 Å². The Morgan fingerprint density at radius 1 is 1.29 bits per heavy atom. The van der Waals surface area contributed by atoms with E-state index >= 15 is 0 Å². The molecule has 0 unspecified atom stereocenters. The monoisotopic (exact) mass is 285 g/mol. The highest BCUT2D eigenvalue weighted by Gasteiger charge is 2.10. The van der Waals surface area contributed by atoms with Crippen molar-refractivity contribution < 1.29 is 14.3 Å². The van der Waals surface area contributed by atoms with Crippen molar-refractivity contribution in [1.82, 2.24) is 4.98 Å². The van der Waals surface area contributed by atoms with Crippen molar-refractivity contribution in [3.63, 3.8) is 0 Å². The van der Waals surface area contributed by atoms with Crippen LogP contribution in [0, 0.1) is 0 Å². The molecule has 0 aliphatic heterocycles. The molecule has 2 rings (SSSR count). The minimum absolute atomic E-state index is 0.241. The predicted octanol–water partition coefficient (Wildman–Crippen LogP) is 2.09. The van der Waals surface area contributed by atoms with Crippen LogP contribution in [-0.4, -0.2) is 23.5 Å². The highest BCUT2D eigenvalue weighted by Crippen LogP contribution is 2.13. The number of hydrogen-bond donors (Lipinski definition) is 2. The molecular formula is C15H15N3O3. The molecule has 3 N–H and O–H groups in total. The van der Waals surface area contributed by atoms with Crippen molar-refractivity contribution in [2.45, 2.75) is 6.92 Å². The number of nitrogen functional groups attached to an aromatic ring is 1. The Morgan fingerprint density at radius 3 is 2.76 bits per heavy atom. The molecule has 1 amide bonds. The normalized spacial score (nSPS) is 9.95. The Hall–Kier alpha value is -2.89. The molecule has 1 aromatic carbocycles. The van der Waals surface area contributed by atoms with Gasteiger partial charge in [-0.25, -0.2) is 9.78 Å². The number of benzene rings is 1. The van der Waals surface area contributed by atoms with Crippen LogP contribution in [0.5, 0.6) is 0 Å². The van der Waals surface area contributed by atoms with Gasteiger partial charge in [-0.15, -0.1) is 0 Å². The second-order valence-electron chi connectivity index (χ2n) is 4.23. The summed E-state index contributed by atoms with van der Waals surface area (Å²) in [4.78, 5) is 27.6. The van der Waals surface area contributed by atoms with Crippen LogP contribution in [0.4, 0.5) is 11.4 Å². The smallest absolute Gasteiger partial charge is 0.338 e. The first-order chi connectivity index (χ1) is 10.1. The highest BCUT2D eigenvalue weighted by atomic mass is 16.5. The quantitative estimate of drug-likeness (QED) is 0.839. The molecule has 2 aromatic rings. The van der Waals surface area contributed by atoms with Gasteiger partial charge in [0.25, 0.3) is 5.91 Å². The van der Waals surface area contributed by atoms with Gasteiger partial charge in [-0.2, -0.15) is 0 Å². The fraction of sp³-hybridized carbons (Fsp3) is 0.133. The van der Waals surface area contributed by atoms with E-state index in [1.54, 1.807) is 37.3 Å². The minimum atomic E-state index is -0.431. The van der Waals surface area contributed by atoms with Gasteiger partial charge in [-0.1, -0.05) is 6.07 Å². The van der Waals surface area contributed by atoms with Gasteiger partial charge in [-0.3, -0.25) is 4.79 Å². The van der Waals surface area contributed by atoms with Crippen LogP contribution < -0.4 is 11.1 Å². The van der Waals surface area contributed by atoms with E-state index in [1.807, 2.05) is 0 Å². The summed E-state index contributed by atoms with van der Waals surface area (Å²) >= 11 is 0. The molecule has 0 atom stereocenters. The van der Waals surface area contributed by atoms with Gasteiger partial charge in [0.1, 0.15) is 5.69 Å². The number of pyridine rings is 1. The van der Waals surface area contributed by atoms with Gasteiger partial charge in [0, 0.05) is 5.69 Å². The van der Waals surface area contributed by atoms with Gasteiger partial charge in [0.05, 0.1) is 24.1 Å². The predicted molar refractivity (Wildman–Crippen MR) is 79.0 cm³/mol. The van der Waals surface area contributed by atoms with Crippen molar-refractivity contribution in [2.24, 2.45) is 0 Å². The SMILES string of the molecule is CCOC(=O)c1cccc(NC(=O)c2ccc(N)cn2)c1. The molecule has 0 aliphatic rings. The van der Waals surface area contributed by atoms with Crippen molar-refractivity contribution in [1.29, 1.82) is 0 Å². The lowest BCUT2D eigenvalue weighted by Crippen LogP contribution is -2.14. The standard InChI is InChI=1S/C15H15N3O3/c1-2-21-15(20)10-4-3-5-12(8-10)18-14(19)13-7-6-11(16)9-17-13/h3-9H,2,16H2,1H3,(H,18,19). The Balaban J connectivity index is 2.12. The van der Waals surface area contributed by atoms with Gasteiger partial charge in [-0.05, 0) is 37.3 Å². The summed E-state index contributed by atoms with van der Waals surface area (Å²) in [6.45, 7) is 2.03. The van der Waals surface area contributed by atoms with Crippen LogP contribution in [0.3, 0.4) is 0 Å². The van der Waals surface area contributed by atoms with E-state index in [0.717, 1.165) is 0 Å². The lowest BCUT2D eigenvalue weighted by Gasteiger charge is -2.07. The van der Waals surface area contributed by atoms with E-state index in [2.05, 4.69) is 10.3 Å². The number of hydrogen-bond acceptors (Lipinski definition) is 5. The van der Waals surface area contributed by atoms with E-state index in [0.29, 0.717) is 23.5 Å². The number of ether oxygens (including phenoxy) is 1. The second-order valence-corrected chi connectivity index (χ2v) is 4.23. The third-order valence-electron chi connectivity index (χ3n) is 2.65. The number of anilines is 2. The minimum Gasteiger partial charge on any atom is -0.462 e. The second kappa shape index (κ2) is 6.51. The van der Waals surface area contributed by atoms with Crippen LogP contribution in [0.15, 0.2) is 42.6 Å². The first kappa shape index (κ1) is 14.5. The average Bonchev–Trinajstić information content (AvgIpc) is 2.48. The molecule has 0 radical (unpaired) electrons. The molecule has 6 heteroatoms. The molecule has 6 nitrogen and oxygen atoms in total. The number of nitrogens with zero attached hydrogens (tertiary/aromatic N) is 1. The fourth-order valence-corrected chi connectivity index (χ4v) is 1.67.